The molecule has 25 heavy (non-hydrogen) atoms. The zero-order valence-electron chi connectivity index (χ0n) is 13.9. The third kappa shape index (κ3) is 2.34. The number of carbonyl (C=O) groups is 1. The van der Waals surface area contributed by atoms with Gasteiger partial charge in [-0.05, 0) is 38.0 Å². The van der Waals surface area contributed by atoms with Gasteiger partial charge in [0.2, 0.25) is 0 Å². The van der Waals surface area contributed by atoms with Crippen molar-refractivity contribution in [1.82, 2.24) is 14.5 Å². The normalized spacial score (nSPS) is 17.2. The average Bonchev–Trinajstić information content (AvgIpc) is 3.08. The van der Waals surface area contributed by atoms with E-state index in [1.54, 1.807) is 12.3 Å². The summed E-state index contributed by atoms with van der Waals surface area (Å²) in [5.74, 6) is 0.524. The highest BCUT2D eigenvalue weighted by molar-refractivity contribution is 6.02. The van der Waals surface area contributed by atoms with Gasteiger partial charge in [-0.2, -0.15) is 0 Å². The zero-order chi connectivity index (χ0) is 17.7. The predicted octanol–water partition coefficient (Wildman–Crippen LogP) is 2.17. The largest absolute Gasteiger partial charge is 0.469 e. The molecule has 128 valence electrons. The van der Waals surface area contributed by atoms with Crippen molar-refractivity contribution in [3.63, 3.8) is 0 Å². The lowest BCUT2D eigenvalue weighted by molar-refractivity contribution is 0.0960. The van der Waals surface area contributed by atoms with Crippen LogP contribution < -0.4 is 11.2 Å². The number of rotatable bonds is 2. The number of Topliss-reactive ketones (excluding diaryl/α,β-unsaturated/α-hetero) is 1. The van der Waals surface area contributed by atoms with Crippen LogP contribution in [0.3, 0.4) is 0 Å². The molecule has 0 aromatic carbocycles. The summed E-state index contributed by atoms with van der Waals surface area (Å²) in [4.78, 5) is 43.9. The number of ketones is 1. The van der Waals surface area contributed by atoms with E-state index in [-0.39, 0.29) is 17.7 Å². The fourth-order valence-corrected chi connectivity index (χ4v) is 3.58. The van der Waals surface area contributed by atoms with E-state index in [9.17, 15) is 14.4 Å². The van der Waals surface area contributed by atoms with Crippen LogP contribution >= 0.6 is 0 Å². The SMILES string of the molecule is CC(C)n1c(=O)[nH]c(=O)c2c3c(cnc21)C(=O)CC(c1ccco1)C3. The van der Waals surface area contributed by atoms with E-state index in [0.717, 1.165) is 5.76 Å². The van der Waals surface area contributed by atoms with Crippen molar-refractivity contribution in [2.75, 3.05) is 0 Å². The molecular formula is C18H17N3O4. The number of hydrogen-bond donors (Lipinski definition) is 1. The summed E-state index contributed by atoms with van der Waals surface area (Å²) in [5, 5.41) is 0.315. The minimum atomic E-state index is -0.505. The predicted molar refractivity (Wildman–Crippen MR) is 91.1 cm³/mol. The molecule has 0 amide bonds. The first-order valence-electron chi connectivity index (χ1n) is 8.20. The van der Waals surface area contributed by atoms with E-state index in [4.69, 9.17) is 4.42 Å². The van der Waals surface area contributed by atoms with Crippen molar-refractivity contribution in [1.29, 1.82) is 0 Å². The van der Waals surface area contributed by atoms with Crippen molar-refractivity contribution in [3.8, 4) is 0 Å². The summed E-state index contributed by atoms with van der Waals surface area (Å²) in [7, 11) is 0. The fourth-order valence-electron chi connectivity index (χ4n) is 3.58. The summed E-state index contributed by atoms with van der Waals surface area (Å²) >= 11 is 0. The molecule has 7 heteroatoms. The number of aromatic amines is 1. The highest BCUT2D eigenvalue weighted by atomic mass is 16.3. The van der Waals surface area contributed by atoms with Gasteiger partial charge in [0, 0.05) is 30.1 Å². The second kappa shape index (κ2) is 5.54. The first-order chi connectivity index (χ1) is 12.0. The second-order valence-corrected chi connectivity index (χ2v) is 6.62. The highest BCUT2D eigenvalue weighted by Crippen LogP contribution is 2.34. The maximum atomic E-state index is 12.6. The Morgan fingerprint density at radius 3 is 2.76 bits per heavy atom. The van der Waals surface area contributed by atoms with E-state index >= 15 is 0 Å². The molecule has 0 radical (unpaired) electrons. The lowest BCUT2D eigenvalue weighted by Gasteiger charge is -2.23. The van der Waals surface area contributed by atoms with E-state index < -0.39 is 11.2 Å². The van der Waals surface area contributed by atoms with E-state index in [0.29, 0.717) is 35.0 Å². The molecule has 4 rings (SSSR count). The Bertz CT molecular complexity index is 1090. The van der Waals surface area contributed by atoms with Gasteiger partial charge in [0.1, 0.15) is 11.4 Å². The fraction of sp³-hybridized carbons (Fsp3) is 0.333. The zero-order valence-corrected chi connectivity index (χ0v) is 13.9. The summed E-state index contributed by atoms with van der Waals surface area (Å²) in [5.41, 5.74) is 0.405. The second-order valence-electron chi connectivity index (χ2n) is 6.62. The molecule has 1 unspecified atom stereocenters. The smallest absolute Gasteiger partial charge is 0.330 e. The standard InChI is InChI=1S/C18H17N3O4/c1-9(2)21-16-15(17(23)20-18(21)24)11-6-10(14-4-3-5-25-14)7-13(22)12(11)8-19-16/h3-5,8-10H,6-7H2,1-2H3,(H,20,23,24). The molecule has 0 spiro atoms. The maximum absolute atomic E-state index is 12.6. The molecule has 1 N–H and O–H groups in total. The van der Waals surface area contributed by atoms with Crippen LogP contribution in [0.15, 0.2) is 38.6 Å². The van der Waals surface area contributed by atoms with Crippen molar-refractivity contribution in [2.45, 2.75) is 38.6 Å². The van der Waals surface area contributed by atoms with Gasteiger partial charge < -0.3 is 4.42 Å². The van der Waals surface area contributed by atoms with Gasteiger partial charge in [0.25, 0.3) is 5.56 Å². The number of H-pyrrole nitrogens is 1. The molecule has 0 fully saturated rings. The Kier molecular flexibility index (Phi) is 3.45. The number of fused-ring (bicyclic) bond motifs is 3. The number of nitrogens with zero attached hydrogens (tertiary/aromatic N) is 2. The Hall–Kier alpha value is -2.96. The molecule has 0 saturated carbocycles. The number of aromatic nitrogens is 3. The molecule has 0 bridgehead atoms. The van der Waals surface area contributed by atoms with Crippen LogP contribution in [0.4, 0.5) is 0 Å². The molecule has 1 aliphatic carbocycles. The molecule has 3 aromatic rings. The van der Waals surface area contributed by atoms with Gasteiger partial charge in [-0.25, -0.2) is 9.78 Å². The van der Waals surface area contributed by atoms with Gasteiger partial charge in [0.15, 0.2) is 5.78 Å². The number of carbonyl (C=O) groups excluding carboxylic acids is 1. The van der Waals surface area contributed by atoms with Crippen molar-refractivity contribution in [3.05, 3.63) is 62.3 Å². The molecule has 3 heterocycles. The maximum Gasteiger partial charge on any atom is 0.330 e. The quantitative estimate of drug-likeness (QED) is 0.771. The van der Waals surface area contributed by atoms with Crippen LogP contribution in [0.1, 0.15) is 53.9 Å². The lowest BCUT2D eigenvalue weighted by atomic mass is 9.81. The molecule has 0 saturated heterocycles. The van der Waals surface area contributed by atoms with Gasteiger partial charge in [0.05, 0.1) is 11.6 Å². The Balaban J connectivity index is 2.01. The van der Waals surface area contributed by atoms with Crippen molar-refractivity contribution in [2.24, 2.45) is 0 Å². The number of nitrogens with one attached hydrogen (secondary N) is 1. The van der Waals surface area contributed by atoms with Gasteiger partial charge >= 0.3 is 5.69 Å². The molecular weight excluding hydrogens is 322 g/mol. The molecule has 3 aromatic heterocycles. The third-order valence-electron chi connectivity index (χ3n) is 4.71. The van der Waals surface area contributed by atoms with Crippen LogP contribution in [0.25, 0.3) is 11.0 Å². The molecule has 0 aliphatic heterocycles. The number of furan rings is 1. The van der Waals surface area contributed by atoms with Gasteiger partial charge in [-0.3, -0.25) is 19.1 Å². The van der Waals surface area contributed by atoms with Crippen LogP contribution in [0, 0.1) is 0 Å². The molecule has 1 aliphatic rings. The Morgan fingerprint density at radius 2 is 2.08 bits per heavy atom. The minimum absolute atomic E-state index is 0.0706. The summed E-state index contributed by atoms with van der Waals surface area (Å²) in [6, 6.07) is 3.45. The monoisotopic (exact) mass is 339 g/mol. The van der Waals surface area contributed by atoms with E-state index in [1.807, 2.05) is 19.9 Å². The van der Waals surface area contributed by atoms with Crippen molar-refractivity contribution < 1.29 is 9.21 Å². The summed E-state index contributed by atoms with van der Waals surface area (Å²) in [6.45, 7) is 3.69. The first-order valence-corrected chi connectivity index (χ1v) is 8.20. The van der Waals surface area contributed by atoms with Crippen LogP contribution in [-0.4, -0.2) is 20.3 Å². The van der Waals surface area contributed by atoms with Crippen LogP contribution in [0.5, 0.6) is 0 Å². The molecule has 7 nitrogen and oxygen atoms in total. The van der Waals surface area contributed by atoms with Gasteiger partial charge in [-0.15, -0.1) is 0 Å². The summed E-state index contributed by atoms with van der Waals surface area (Å²) in [6.07, 6.45) is 3.86. The highest BCUT2D eigenvalue weighted by Gasteiger charge is 2.31. The van der Waals surface area contributed by atoms with Crippen molar-refractivity contribution >= 4 is 16.8 Å². The Labute approximate surface area is 142 Å². The lowest BCUT2D eigenvalue weighted by Crippen LogP contribution is -2.33. The topological polar surface area (TPSA) is 98.0 Å². The average molecular weight is 339 g/mol. The van der Waals surface area contributed by atoms with Crippen LogP contribution in [0.2, 0.25) is 0 Å². The third-order valence-corrected chi connectivity index (χ3v) is 4.71. The Morgan fingerprint density at radius 1 is 1.28 bits per heavy atom. The number of hydrogen-bond acceptors (Lipinski definition) is 5. The molecule has 1 atom stereocenters. The van der Waals surface area contributed by atoms with Gasteiger partial charge in [-0.1, -0.05) is 0 Å². The minimum Gasteiger partial charge on any atom is -0.469 e. The van der Waals surface area contributed by atoms with E-state index in [2.05, 4.69) is 9.97 Å². The summed E-state index contributed by atoms with van der Waals surface area (Å²) < 4.78 is 6.89. The van der Waals surface area contributed by atoms with Crippen LogP contribution in [-0.2, 0) is 6.42 Å². The first kappa shape index (κ1) is 15.6. The van der Waals surface area contributed by atoms with E-state index in [1.165, 1.54) is 10.8 Å². The number of pyridine rings is 1.